The average molecular weight is 219 g/mol. The smallest absolute Gasteiger partial charge is 0.226 e. The predicted octanol–water partition coefficient (Wildman–Crippen LogP) is 1.31. The number of hydrogen-bond donors (Lipinski definition) is 1. The number of nitrogens with zero attached hydrogens (tertiary/aromatic N) is 2. The first kappa shape index (κ1) is 9.87. The third kappa shape index (κ3) is 1.36. The van der Waals surface area contributed by atoms with Crippen molar-refractivity contribution in [3.63, 3.8) is 0 Å². The van der Waals surface area contributed by atoms with Crippen LogP contribution in [0.25, 0.3) is 0 Å². The van der Waals surface area contributed by atoms with Gasteiger partial charge in [0.25, 0.3) is 0 Å². The molecule has 0 radical (unpaired) electrons. The molecule has 1 saturated heterocycles. The Morgan fingerprint density at radius 1 is 1.56 bits per heavy atom. The fourth-order valence-electron chi connectivity index (χ4n) is 2.79. The number of hydrogen-bond acceptors (Lipinski definition) is 2. The zero-order valence-electron chi connectivity index (χ0n) is 9.57. The second-order valence-electron chi connectivity index (χ2n) is 4.92. The quantitative estimate of drug-likeness (QED) is 0.774. The predicted molar refractivity (Wildman–Crippen MR) is 60.0 cm³/mol. The molecular formula is C12H17N3O. The van der Waals surface area contributed by atoms with E-state index in [1.165, 1.54) is 17.7 Å². The summed E-state index contributed by atoms with van der Waals surface area (Å²) in [5, 5.41) is 7.11. The van der Waals surface area contributed by atoms with Crippen LogP contribution in [0.4, 0.5) is 0 Å². The van der Waals surface area contributed by atoms with Crippen molar-refractivity contribution in [2.24, 2.45) is 5.92 Å². The molecule has 2 unspecified atom stereocenters. The SMILES string of the molecule is CC1c2cn[nH]c2CCC1C(=O)N1CCC1. The number of amides is 1. The van der Waals surface area contributed by atoms with E-state index in [0.717, 1.165) is 25.9 Å². The minimum atomic E-state index is 0.172. The van der Waals surface area contributed by atoms with E-state index < -0.39 is 0 Å². The van der Waals surface area contributed by atoms with Gasteiger partial charge in [-0.05, 0) is 30.7 Å². The molecule has 86 valence electrons. The lowest BCUT2D eigenvalue weighted by Gasteiger charge is -2.37. The Kier molecular flexibility index (Phi) is 2.23. The maximum absolute atomic E-state index is 12.2. The number of carbonyl (C=O) groups excluding carboxylic acids is 1. The van der Waals surface area contributed by atoms with Crippen LogP contribution < -0.4 is 0 Å². The van der Waals surface area contributed by atoms with Crippen LogP contribution in [-0.2, 0) is 11.2 Å². The maximum Gasteiger partial charge on any atom is 0.226 e. The van der Waals surface area contributed by atoms with E-state index in [-0.39, 0.29) is 5.92 Å². The van der Waals surface area contributed by atoms with Crippen LogP contribution in [0.3, 0.4) is 0 Å². The molecule has 2 atom stereocenters. The second kappa shape index (κ2) is 3.61. The highest BCUT2D eigenvalue weighted by atomic mass is 16.2. The van der Waals surface area contributed by atoms with Crippen molar-refractivity contribution >= 4 is 5.91 Å². The van der Waals surface area contributed by atoms with Gasteiger partial charge in [-0.15, -0.1) is 0 Å². The fraction of sp³-hybridized carbons (Fsp3) is 0.667. The largest absolute Gasteiger partial charge is 0.342 e. The van der Waals surface area contributed by atoms with Crippen LogP contribution >= 0.6 is 0 Å². The Hall–Kier alpha value is -1.32. The van der Waals surface area contributed by atoms with Gasteiger partial charge >= 0.3 is 0 Å². The number of nitrogens with one attached hydrogen (secondary N) is 1. The van der Waals surface area contributed by atoms with E-state index in [1.54, 1.807) is 0 Å². The Morgan fingerprint density at radius 2 is 2.38 bits per heavy atom. The van der Waals surface area contributed by atoms with E-state index in [1.807, 2.05) is 11.1 Å². The number of H-pyrrole nitrogens is 1. The van der Waals surface area contributed by atoms with Crippen LogP contribution in [0.1, 0.15) is 36.9 Å². The molecule has 0 bridgehead atoms. The lowest BCUT2D eigenvalue weighted by molar-refractivity contribution is -0.140. The summed E-state index contributed by atoms with van der Waals surface area (Å²) < 4.78 is 0. The summed E-state index contributed by atoms with van der Waals surface area (Å²) in [6.07, 6.45) is 4.98. The Bertz CT molecular complexity index is 408. The highest BCUT2D eigenvalue weighted by molar-refractivity contribution is 5.80. The van der Waals surface area contributed by atoms with Gasteiger partial charge in [0.15, 0.2) is 0 Å². The molecule has 4 heteroatoms. The zero-order chi connectivity index (χ0) is 11.1. The highest BCUT2D eigenvalue weighted by Crippen LogP contribution is 2.36. The Labute approximate surface area is 95.0 Å². The first-order valence-corrected chi connectivity index (χ1v) is 6.08. The van der Waals surface area contributed by atoms with Crippen LogP contribution in [0.5, 0.6) is 0 Å². The van der Waals surface area contributed by atoms with Crippen molar-refractivity contribution < 1.29 is 4.79 Å². The maximum atomic E-state index is 12.2. The summed E-state index contributed by atoms with van der Waals surface area (Å²) in [6, 6.07) is 0. The van der Waals surface area contributed by atoms with E-state index in [2.05, 4.69) is 17.1 Å². The molecule has 1 aromatic heterocycles. The van der Waals surface area contributed by atoms with Crippen LogP contribution in [0, 0.1) is 5.92 Å². The fourth-order valence-corrected chi connectivity index (χ4v) is 2.79. The molecule has 1 aromatic rings. The van der Waals surface area contributed by atoms with Gasteiger partial charge in [-0.1, -0.05) is 6.92 Å². The molecule has 1 N–H and O–H groups in total. The molecule has 0 saturated carbocycles. The molecule has 2 heterocycles. The molecule has 3 rings (SSSR count). The van der Waals surface area contributed by atoms with Crippen molar-refractivity contribution in [1.82, 2.24) is 15.1 Å². The van der Waals surface area contributed by atoms with Gasteiger partial charge < -0.3 is 4.90 Å². The number of aromatic amines is 1. The van der Waals surface area contributed by atoms with Crippen LogP contribution in [0.15, 0.2) is 6.20 Å². The number of aromatic nitrogens is 2. The molecule has 4 nitrogen and oxygen atoms in total. The van der Waals surface area contributed by atoms with Gasteiger partial charge in [0, 0.05) is 24.7 Å². The van der Waals surface area contributed by atoms with Gasteiger partial charge in [0.05, 0.1) is 6.20 Å². The Balaban J connectivity index is 1.81. The van der Waals surface area contributed by atoms with Crippen molar-refractivity contribution in [3.8, 4) is 0 Å². The van der Waals surface area contributed by atoms with Gasteiger partial charge in [0.1, 0.15) is 0 Å². The summed E-state index contributed by atoms with van der Waals surface area (Å²) in [5.41, 5.74) is 2.46. The minimum absolute atomic E-state index is 0.172. The van der Waals surface area contributed by atoms with Crippen LogP contribution in [0.2, 0.25) is 0 Å². The lowest BCUT2D eigenvalue weighted by Crippen LogP contribution is -2.47. The first-order valence-electron chi connectivity index (χ1n) is 6.08. The van der Waals surface area contributed by atoms with Crippen molar-refractivity contribution in [1.29, 1.82) is 0 Å². The number of rotatable bonds is 1. The minimum Gasteiger partial charge on any atom is -0.342 e. The molecule has 2 aliphatic rings. The molecule has 1 amide bonds. The second-order valence-corrected chi connectivity index (χ2v) is 4.92. The number of carbonyl (C=O) groups is 1. The summed E-state index contributed by atoms with van der Waals surface area (Å²) in [5.74, 6) is 0.839. The van der Waals surface area contributed by atoms with Gasteiger partial charge in [0.2, 0.25) is 5.91 Å². The van der Waals surface area contributed by atoms with Gasteiger partial charge in [-0.25, -0.2) is 0 Å². The Morgan fingerprint density at radius 3 is 3.06 bits per heavy atom. The summed E-state index contributed by atoms with van der Waals surface area (Å²) >= 11 is 0. The van der Waals surface area contributed by atoms with Gasteiger partial charge in [-0.3, -0.25) is 9.89 Å². The van der Waals surface area contributed by atoms with Crippen molar-refractivity contribution in [2.75, 3.05) is 13.1 Å². The lowest BCUT2D eigenvalue weighted by atomic mass is 9.78. The van der Waals surface area contributed by atoms with E-state index in [9.17, 15) is 4.79 Å². The molecular weight excluding hydrogens is 202 g/mol. The van der Waals surface area contributed by atoms with Crippen molar-refractivity contribution in [3.05, 3.63) is 17.5 Å². The monoisotopic (exact) mass is 219 g/mol. The summed E-state index contributed by atoms with van der Waals surface area (Å²) in [7, 11) is 0. The van der Waals surface area contributed by atoms with E-state index in [0.29, 0.717) is 11.8 Å². The van der Waals surface area contributed by atoms with E-state index in [4.69, 9.17) is 0 Å². The molecule has 1 aliphatic carbocycles. The molecule has 0 aromatic carbocycles. The number of likely N-dealkylation sites (tertiary alicyclic amines) is 1. The topological polar surface area (TPSA) is 49.0 Å². The van der Waals surface area contributed by atoms with E-state index >= 15 is 0 Å². The van der Waals surface area contributed by atoms with Crippen LogP contribution in [-0.4, -0.2) is 34.1 Å². The highest BCUT2D eigenvalue weighted by Gasteiger charge is 2.36. The standard InChI is InChI=1S/C12H17N3O/c1-8-9(12(16)15-5-2-6-15)3-4-11-10(8)7-13-14-11/h7-9H,2-6H2,1H3,(H,13,14). The zero-order valence-corrected chi connectivity index (χ0v) is 9.57. The number of aryl methyl sites for hydroxylation is 1. The van der Waals surface area contributed by atoms with Crippen molar-refractivity contribution in [2.45, 2.75) is 32.1 Å². The normalized spacial score (nSPS) is 28.4. The molecule has 1 fully saturated rings. The van der Waals surface area contributed by atoms with Gasteiger partial charge in [-0.2, -0.15) is 5.10 Å². The number of fused-ring (bicyclic) bond motifs is 1. The third-order valence-electron chi connectivity index (χ3n) is 4.04. The molecule has 0 spiro atoms. The molecule has 16 heavy (non-hydrogen) atoms. The summed E-state index contributed by atoms with van der Waals surface area (Å²) in [6.45, 7) is 4.07. The third-order valence-corrected chi connectivity index (χ3v) is 4.04. The first-order chi connectivity index (χ1) is 7.77. The average Bonchev–Trinajstić information content (AvgIpc) is 2.63. The summed E-state index contributed by atoms with van der Waals surface area (Å²) in [4.78, 5) is 14.2. The molecule has 1 aliphatic heterocycles.